The maximum atomic E-state index is 5.37. The molecule has 1 aromatic heterocycles. The van der Waals surface area contributed by atoms with Crippen LogP contribution in [0.5, 0.6) is 0 Å². The third kappa shape index (κ3) is 2.80. The zero-order valence-corrected chi connectivity index (χ0v) is 13.5. The molecule has 112 valence electrons. The lowest BCUT2D eigenvalue weighted by molar-refractivity contribution is 0.0282. The molecule has 0 amide bonds. The minimum Gasteiger partial charge on any atom is -0.383 e. The third-order valence-electron chi connectivity index (χ3n) is 5.37. The van der Waals surface area contributed by atoms with Crippen molar-refractivity contribution in [3.63, 3.8) is 0 Å². The van der Waals surface area contributed by atoms with Gasteiger partial charge in [-0.1, -0.05) is 0 Å². The first-order chi connectivity index (χ1) is 9.73. The SMILES string of the molecule is COC[C@H]1CCC2(CCN(Cc3ccsc3)CC2)N1C. The Morgan fingerprint density at radius 3 is 2.80 bits per heavy atom. The molecule has 1 atom stereocenters. The summed E-state index contributed by atoms with van der Waals surface area (Å²) in [5, 5.41) is 4.46. The van der Waals surface area contributed by atoms with Gasteiger partial charge in [0, 0.05) is 38.3 Å². The zero-order chi connectivity index (χ0) is 14.0. The Kier molecular flexibility index (Phi) is 4.46. The highest BCUT2D eigenvalue weighted by Gasteiger charge is 2.45. The predicted octanol–water partition coefficient (Wildman–Crippen LogP) is 2.82. The average Bonchev–Trinajstić information content (AvgIpc) is 3.06. The van der Waals surface area contributed by atoms with Gasteiger partial charge in [0.2, 0.25) is 0 Å². The topological polar surface area (TPSA) is 15.7 Å². The van der Waals surface area contributed by atoms with Gasteiger partial charge in [0.25, 0.3) is 0 Å². The Hall–Kier alpha value is -0.420. The van der Waals surface area contributed by atoms with Crippen LogP contribution in [0.2, 0.25) is 0 Å². The molecule has 3 rings (SSSR count). The van der Waals surface area contributed by atoms with E-state index in [1.54, 1.807) is 11.3 Å². The van der Waals surface area contributed by atoms with Crippen LogP contribution < -0.4 is 0 Å². The molecule has 1 aromatic rings. The fourth-order valence-electron chi connectivity index (χ4n) is 3.95. The highest BCUT2D eigenvalue weighted by atomic mass is 32.1. The van der Waals surface area contributed by atoms with Crippen LogP contribution in [0.3, 0.4) is 0 Å². The second kappa shape index (κ2) is 6.14. The van der Waals surface area contributed by atoms with Gasteiger partial charge in [0.1, 0.15) is 0 Å². The number of hydrogen-bond donors (Lipinski definition) is 0. The molecule has 0 aliphatic carbocycles. The van der Waals surface area contributed by atoms with Crippen molar-refractivity contribution in [3.05, 3.63) is 22.4 Å². The smallest absolute Gasteiger partial charge is 0.0618 e. The van der Waals surface area contributed by atoms with Gasteiger partial charge in [0.15, 0.2) is 0 Å². The summed E-state index contributed by atoms with van der Waals surface area (Å²) in [5.74, 6) is 0. The van der Waals surface area contributed by atoms with E-state index in [4.69, 9.17) is 4.74 Å². The minimum absolute atomic E-state index is 0.453. The van der Waals surface area contributed by atoms with Gasteiger partial charge in [-0.3, -0.25) is 9.80 Å². The summed E-state index contributed by atoms with van der Waals surface area (Å²) in [7, 11) is 4.13. The summed E-state index contributed by atoms with van der Waals surface area (Å²) in [6, 6.07) is 2.88. The number of methoxy groups -OCH3 is 1. The largest absolute Gasteiger partial charge is 0.383 e. The van der Waals surface area contributed by atoms with Crippen LogP contribution in [-0.4, -0.2) is 55.2 Å². The first-order valence-electron chi connectivity index (χ1n) is 7.69. The van der Waals surface area contributed by atoms with Crippen molar-refractivity contribution >= 4 is 11.3 Å². The Balaban J connectivity index is 1.55. The third-order valence-corrected chi connectivity index (χ3v) is 6.10. The summed E-state index contributed by atoms with van der Waals surface area (Å²) in [6.07, 6.45) is 5.28. The van der Waals surface area contributed by atoms with E-state index in [0.717, 1.165) is 13.2 Å². The lowest BCUT2D eigenvalue weighted by Crippen LogP contribution is -2.52. The van der Waals surface area contributed by atoms with Gasteiger partial charge >= 0.3 is 0 Å². The lowest BCUT2D eigenvalue weighted by atomic mass is 9.85. The number of hydrogen-bond acceptors (Lipinski definition) is 4. The molecule has 1 spiro atoms. The van der Waals surface area contributed by atoms with Gasteiger partial charge in [-0.05, 0) is 55.1 Å². The van der Waals surface area contributed by atoms with E-state index in [-0.39, 0.29) is 0 Å². The molecule has 0 aromatic carbocycles. The molecule has 0 unspecified atom stereocenters. The van der Waals surface area contributed by atoms with Crippen LogP contribution in [0.25, 0.3) is 0 Å². The van der Waals surface area contributed by atoms with Crippen molar-refractivity contribution in [2.75, 3.05) is 33.9 Å². The maximum absolute atomic E-state index is 5.37. The summed E-state index contributed by atoms with van der Waals surface area (Å²) in [5.41, 5.74) is 1.93. The highest BCUT2D eigenvalue weighted by molar-refractivity contribution is 7.07. The standard InChI is InChI=1S/C16H26N2OS/c1-17-15(12-19-2)3-5-16(17)6-8-18(9-7-16)11-14-4-10-20-13-14/h4,10,13,15H,3,5-9,11-12H2,1-2H3/t15-/m1/s1. The van der Waals surface area contributed by atoms with Crippen molar-refractivity contribution in [1.29, 1.82) is 0 Å². The molecule has 0 saturated carbocycles. The molecule has 2 aliphatic rings. The van der Waals surface area contributed by atoms with Crippen LogP contribution in [0, 0.1) is 0 Å². The van der Waals surface area contributed by atoms with Crippen molar-refractivity contribution in [1.82, 2.24) is 9.80 Å². The minimum atomic E-state index is 0.453. The molecule has 3 heterocycles. The lowest BCUT2D eigenvalue weighted by Gasteiger charge is -2.45. The fourth-order valence-corrected chi connectivity index (χ4v) is 4.61. The van der Waals surface area contributed by atoms with Crippen LogP contribution in [-0.2, 0) is 11.3 Å². The van der Waals surface area contributed by atoms with E-state index in [1.165, 1.54) is 44.3 Å². The van der Waals surface area contributed by atoms with Gasteiger partial charge < -0.3 is 4.74 Å². The number of likely N-dealkylation sites (N-methyl/N-ethyl adjacent to an activating group) is 1. The van der Waals surface area contributed by atoms with Crippen LogP contribution >= 0.6 is 11.3 Å². The summed E-state index contributed by atoms with van der Waals surface area (Å²) in [4.78, 5) is 5.24. The number of thiophene rings is 1. The number of nitrogens with zero attached hydrogens (tertiary/aromatic N) is 2. The monoisotopic (exact) mass is 294 g/mol. The molecule has 2 aliphatic heterocycles. The van der Waals surface area contributed by atoms with Gasteiger partial charge in [-0.2, -0.15) is 11.3 Å². The van der Waals surface area contributed by atoms with Gasteiger partial charge in [0.05, 0.1) is 6.61 Å². The molecule has 0 bridgehead atoms. The van der Waals surface area contributed by atoms with Crippen LogP contribution in [0.1, 0.15) is 31.2 Å². The summed E-state index contributed by atoms with van der Waals surface area (Å²) in [6.45, 7) is 4.49. The van der Waals surface area contributed by atoms with Crippen molar-refractivity contribution < 1.29 is 4.74 Å². The molecule has 2 fully saturated rings. The maximum Gasteiger partial charge on any atom is 0.0618 e. The van der Waals surface area contributed by atoms with Crippen molar-refractivity contribution in [2.45, 2.75) is 43.8 Å². The number of piperidine rings is 1. The number of rotatable bonds is 4. The second-order valence-electron chi connectivity index (χ2n) is 6.39. The van der Waals surface area contributed by atoms with E-state index in [9.17, 15) is 0 Å². The Morgan fingerprint density at radius 2 is 2.15 bits per heavy atom. The molecular weight excluding hydrogens is 268 g/mol. The first-order valence-corrected chi connectivity index (χ1v) is 8.63. The molecule has 4 heteroatoms. The molecule has 3 nitrogen and oxygen atoms in total. The molecule has 0 N–H and O–H groups in total. The molecule has 20 heavy (non-hydrogen) atoms. The summed E-state index contributed by atoms with van der Waals surface area (Å²) >= 11 is 1.80. The van der Waals surface area contributed by atoms with E-state index < -0.39 is 0 Å². The quantitative estimate of drug-likeness (QED) is 0.849. The Labute approximate surface area is 126 Å². The second-order valence-corrected chi connectivity index (χ2v) is 7.17. The average molecular weight is 294 g/mol. The summed E-state index contributed by atoms with van der Waals surface area (Å²) < 4.78 is 5.37. The zero-order valence-electron chi connectivity index (χ0n) is 12.7. The van der Waals surface area contributed by atoms with E-state index in [0.29, 0.717) is 11.6 Å². The van der Waals surface area contributed by atoms with Gasteiger partial charge in [-0.15, -0.1) is 0 Å². The first kappa shape index (κ1) is 14.5. The van der Waals surface area contributed by atoms with Crippen molar-refractivity contribution in [2.24, 2.45) is 0 Å². The molecule has 2 saturated heterocycles. The number of ether oxygens (including phenoxy) is 1. The van der Waals surface area contributed by atoms with Crippen LogP contribution in [0.15, 0.2) is 16.8 Å². The van der Waals surface area contributed by atoms with Gasteiger partial charge in [-0.25, -0.2) is 0 Å². The Bertz CT molecular complexity index is 412. The van der Waals surface area contributed by atoms with E-state index in [2.05, 4.69) is 33.7 Å². The van der Waals surface area contributed by atoms with Crippen LogP contribution in [0.4, 0.5) is 0 Å². The molecule has 0 radical (unpaired) electrons. The van der Waals surface area contributed by atoms with Crippen molar-refractivity contribution in [3.8, 4) is 0 Å². The molecular formula is C16H26N2OS. The fraction of sp³-hybridized carbons (Fsp3) is 0.750. The predicted molar refractivity (Wildman–Crippen MR) is 84.2 cm³/mol. The Morgan fingerprint density at radius 1 is 1.35 bits per heavy atom. The van der Waals surface area contributed by atoms with E-state index in [1.807, 2.05) is 7.11 Å². The normalized spacial score (nSPS) is 27.4. The highest BCUT2D eigenvalue weighted by Crippen LogP contribution is 2.40. The van der Waals surface area contributed by atoms with E-state index >= 15 is 0 Å². The number of likely N-dealkylation sites (tertiary alicyclic amines) is 2.